The van der Waals surface area contributed by atoms with Gasteiger partial charge in [-0.3, -0.25) is 14.7 Å². The molecule has 29 heavy (non-hydrogen) atoms. The highest BCUT2D eigenvalue weighted by molar-refractivity contribution is 5.93. The molecule has 11 heteroatoms. The summed E-state index contributed by atoms with van der Waals surface area (Å²) < 4.78 is 6.13. The Labute approximate surface area is 167 Å². The molecule has 3 aromatic rings. The van der Waals surface area contributed by atoms with E-state index in [1.807, 2.05) is 18.2 Å². The van der Waals surface area contributed by atoms with Gasteiger partial charge in [0.15, 0.2) is 5.69 Å². The summed E-state index contributed by atoms with van der Waals surface area (Å²) in [5.74, 6) is 0.0307. The fourth-order valence-electron chi connectivity index (χ4n) is 3.39. The molecular weight excluding hydrogens is 374 g/mol. The molecule has 0 saturated carbocycles. The molecule has 3 N–H and O–H groups in total. The molecular formula is C18H23N9O2. The zero-order valence-corrected chi connectivity index (χ0v) is 16.0. The Balaban J connectivity index is 1.52. The highest BCUT2D eigenvalue weighted by Crippen LogP contribution is 2.19. The molecule has 4 heterocycles. The van der Waals surface area contributed by atoms with Crippen LogP contribution in [0.15, 0.2) is 29.0 Å². The van der Waals surface area contributed by atoms with Crippen LogP contribution in [0.2, 0.25) is 0 Å². The minimum Gasteiger partial charge on any atom is -0.378 e. The SMILES string of the molecule is Nc1nonc1-n1nnc(C(=O)NCCc2ccccn2)c1CN1CCCCC1. The number of amides is 1. The molecule has 1 amide bonds. The molecule has 1 fully saturated rings. The maximum absolute atomic E-state index is 12.8. The number of pyridine rings is 1. The van der Waals surface area contributed by atoms with Crippen molar-refractivity contribution in [1.29, 1.82) is 0 Å². The highest BCUT2D eigenvalue weighted by Gasteiger charge is 2.25. The molecule has 1 aliphatic heterocycles. The van der Waals surface area contributed by atoms with Crippen LogP contribution in [0.3, 0.4) is 0 Å². The fraction of sp³-hybridized carbons (Fsp3) is 0.444. The highest BCUT2D eigenvalue weighted by atomic mass is 16.6. The number of nitrogens with two attached hydrogens (primary N) is 1. The van der Waals surface area contributed by atoms with Gasteiger partial charge in [-0.05, 0) is 48.4 Å². The first kappa shape index (κ1) is 19.0. The summed E-state index contributed by atoms with van der Waals surface area (Å²) in [5, 5.41) is 18.5. The van der Waals surface area contributed by atoms with Gasteiger partial charge >= 0.3 is 0 Å². The van der Waals surface area contributed by atoms with E-state index in [-0.39, 0.29) is 23.2 Å². The smallest absolute Gasteiger partial charge is 0.273 e. The van der Waals surface area contributed by atoms with Crippen LogP contribution in [0.25, 0.3) is 5.82 Å². The van der Waals surface area contributed by atoms with Crippen molar-refractivity contribution in [2.45, 2.75) is 32.2 Å². The number of nitrogens with zero attached hydrogens (tertiary/aromatic N) is 7. The third-order valence-corrected chi connectivity index (χ3v) is 4.89. The van der Waals surface area contributed by atoms with E-state index in [1.165, 1.54) is 11.1 Å². The van der Waals surface area contributed by atoms with Gasteiger partial charge in [0.1, 0.15) is 0 Å². The number of anilines is 1. The van der Waals surface area contributed by atoms with Crippen molar-refractivity contribution in [1.82, 2.24) is 40.5 Å². The molecule has 4 rings (SSSR count). The summed E-state index contributed by atoms with van der Waals surface area (Å²) in [5.41, 5.74) is 7.60. The number of hydrogen-bond donors (Lipinski definition) is 2. The molecule has 11 nitrogen and oxygen atoms in total. The van der Waals surface area contributed by atoms with Gasteiger partial charge < -0.3 is 11.1 Å². The lowest BCUT2D eigenvalue weighted by Crippen LogP contribution is -2.32. The second-order valence-corrected chi connectivity index (χ2v) is 6.93. The Kier molecular flexibility index (Phi) is 5.75. The topological polar surface area (TPSA) is 141 Å². The average molecular weight is 397 g/mol. The van der Waals surface area contributed by atoms with Gasteiger partial charge in [0.25, 0.3) is 5.91 Å². The van der Waals surface area contributed by atoms with Gasteiger partial charge in [-0.15, -0.1) is 5.10 Å². The summed E-state index contributed by atoms with van der Waals surface area (Å²) in [6, 6.07) is 5.70. The minimum absolute atomic E-state index is 0.0944. The van der Waals surface area contributed by atoms with Crippen LogP contribution in [0.4, 0.5) is 5.82 Å². The maximum atomic E-state index is 12.8. The summed E-state index contributed by atoms with van der Waals surface area (Å²) in [6.45, 7) is 2.87. The van der Waals surface area contributed by atoms with E-state index in [0.29, 0.717) is 25.2 Å². The van der Waals surface area contributed by atoms with Gasteiger partial charge in [0.05, 0.1) is 5.69 Å². The molecule has 0 spiro atoms. The zero-order valence-electron chi connectivity index (χ0n) is 16.0. The molecule has 3 aromatic heterocycles. The van der Waals surface area contributed by atoms with Crippen molar-refractivity contribution >= 4 is 11.7 Å². The maximum Gasteiger partial charge on any atom is 0.273 e. The lowest BCUT2D eigenvalue weighted by Gasteiger charge is -2.26. The standard InChI is InChI=1S/C18H23N9O2/c19-16-17(24-29-23-16)27-14(12-26-10-4-1-5-11-26)15(22-25-27)18(28)21-9-7-13-6-2-3-8-20-13/h2-3,6,8H,1,4-5,7,9-12H2,(H2,19,23)(H,21,28). The van der Waals surface area contributed by atoms with E-state index in [0.717, 1.165) is 31.6 Å². The van der Waals surface area contributed by atoms with Crippen LogP contribution in [-0.4, -0.2) is 60.7 Å². The van der Waals surface area contributed by atoms with Crippen LogP contribution in [0.1, 0.15) is 41.1 Å². The monoisotopic (exact) mass is 397 g/mol. The van der Waals surface area contributed by atoms with Crippen LogP contribution in [0.5, 0.6) is 0 Å². The van der Waals surface area contributed by atoms with Gasteiger partial charge in [-0.2, -0.15) is 4.68 Å². The predicted molar refractivity (Wildman–Crippen MR) is 103 cm³/mol. The number of aromatic nitrogens is 6. The third-order valence-electron chi connectivity index (χ3n) is 4.89. The Hall–Kier alpha value is -3.34. The molecule has 0 aliphatic carbocycles. The second-order valence-electron chi connectivity index (χ2n) is 6.93. The van der Waals surface area contributed by atoms with Crippen LogP contribution in [0, 0.1) is 0 Å². The number of nitrogen functional groups attached to an aromatic ring is 1. The quantitative estimate of drug-likeness (QED) is 0.585. The average Bonchev–Trinajstić information content (AvgIpc) is 3.35. The normalized spacial score (nSPS) is 14.8. The Morgan fingerprint density at radius 3 is 2.79 bits per heavy atom. The number of nitrogens with one attached hydrogen (secondary N) is 1. The number of likely N-dealkylation sites (tertiary alicyclic amines) is 1. The van der Waals surface area contributed by atoms with Crippen LogP contribution >= 0.6 is 0 Å². The third kappa shape index (κ3) is 4.40. The van der Waals surface area contributed by atoms with Crippen molar-refractivity contribution in [3.05, 3.63) is 41.5 Å². The van der Waals surface area contributed by atoms with E-state index in [9.17, 15) is 4.79 Å². The van der Waals surface area contributed by atoms with Crippen molar-refractivity contribution in [3.8, 4) is 5.82 Å². The van der Waals surface area contributed by atoms with Crippen molar-refractivity contribution in [2.75, 3.05) is 25.4 Å². The van der Waals surface area contributed by atoms with Gasteiger partial charge in [-0.25, -0.2) is 4.63 Å². The first-order valence-electron chi connectivity index (χ1n) is 9.66. The molecule has 152 valence electrons. The Bertz CT molecular complexity index is 947. The van der Waals surface area contributed by atoms with E-state index >= 15 is 0 Å². The lowest BCUT2D eigenvalue weighted by molar-refractivity contribution is 0.0946. The molecule has 0 unspecified atom stereocenters. The summed E-state index contributed by atoms with van der Waals surface area (Å²) in [4.78, 5) is 19.3. The largest absolute Gasteiger partial charge is 0.378 e. The second kappa shape index (κ2) is 8.78. The lowest BCUT2D eigenvalue weighted by atomic mass is 10.1. The number of hydrogen-bond acceptors (Lipinski definition) is 9. The Morgan fingerprint density at radius 2 is 2.07 bits per heavy atom. The minimum atomic E-state index is -0.297. The number of carbonyl (C=O) groups excluding carboxylic acids is 1. The molecule has 0 radical (unpaired) electrons. The van der Waals surface area contributed by atoms with E-state index in [1.54, 1.807) is 6.20 Å². The molecule has 0 atom stereocenters. The number of piperidine rings is 1. The van der Waals surface area contributed by atoms with Crippen molar-refractivity contribution < 1.29 is 9.42 Å². The van der Waals surface area contributed by atoms with Crippen molar-refractivity contribution in [3.63, 3.8) is 0 Å². The van der Waals surface area contributed by atoms with Gasteiger partial charge in [0.2, 0.25) is 11.6 Å². The number of rotatable bonds is 7. The molecule has 0 bridgehead atoms. The summed E-state index contributed by atoms with van der Waals surface area (Å²) in [7, 11) is 0. The number of carbonyl (C=O) groups is 1. The summed E-state index contributed by atoms with van der Waals surface area (Å²) >= 11 is 0. The van der Waals surface area contributed by atoms with Crippen LogP contribution in [-0.2, 0) is 13.0 Å². The van der Waals surface area contributed by atoms with Crippen LogP contribution < -0.4 is 11.1 Å². The van der Waals surface area contributed by atoms with Gasteiger partial charge in [0, 0.05) is 31.4 Å². The molecule has 0 aromatic carbocycles. The first-order chi connectivity index (χ1) is 14.2. The van der Waals surface area contributed by atoms with E-state index in [4.69, 9.17) is 10.4 Å². The zero-order chi connectivity index (χ0) is 20.1. The van der Waals surface area contributed by atoms with Crippen molar-refractivity contribution in [2.24, 2.45) is 0 Å². The van der Waals surface area contributed by atoms with E-state index < -0.39 is 0 Å². The van der Waals surface area contributed by atoms with E-state index in [2.05, 4.69) is 35.8 Å². The first-order valence-corrected chi connectivity index (χ1v) is 9.66. The predicted octanol–water partition coefficient (Wildman–Crippen LogP) is 0.586. The fourth-order valence-corrected chi connectivity index (χ4v) is 3.39. The molecule has 1 saturated heterocycles. The Morgan fingerprint density at radius 1 is 1.21 bits per heavy atom. The molecule has 1 aliphatic rings. The van der Waals surface area contributed by atoms with Gasteiger partial charge in [-0.1, -0.05) is 17.7 Å². The summed E-state index contributed by atoms with van der Waals surface area (Å²) in [6.07, 6.45) is 5.83.